The Bertz CT molecular complexity index is 589. The first-order valence-corrected chi connectivity index (χ1v) is 8.32. The summed E-state index contributed by atoms with van der Waals surface area (Å²) in [6, 6.07) is 7.78. The largest absolute Gasteiger partial charge is 0.313 e. The van der Waals surface area contributed by atoms with Crippen LogP contribution in [0.4, 0.5) is 0 Å². The van der Waals surface area contributed by atoms with E-state index in [0.717, 1.165) is 46.8 Å². The van der Waals surface area contributed by atoms with E-state index < -0.39 is 10.8 Å². The van der Waals surface area contributed by atoms with Crippen LogP contribution in [0, 0.1) is 0 Å². The molecule has 3 nitrogen and oxygen atoms in total. The SMILES string of the molecule is C[S@](=O)CCCNCc1ccc(Cl)c2cccnc12. The average molecular weight is 297 g/mol. The molecule has 1 aromatic carbocycles. The van der Waals surface area contributed by atoms with E-state index in [1.165, 1.54) is 0 Å². The van der Waals surface area contributed by atoms with E-state index in [9.17, 15) is 4.21 Å². The Balaban J connectivity index is 2.01. The smallest absolute Gasteiger partial charge is 0.0761 e. The van der Waals surface area contributed by atoms with Gasteiger partial charge in [0.1, 0.15) is 0 Å². The molecule has 2 aromatic rings. The highest BCUT2D eigenvalue weighted by atomic mass is 35.5. The van der Waals surface area contributed by atoms with Crippen molar-refractivity contribution < 1.29 is 4.21 Å². The maximum Gasteiger partial charge on any atom is 0.0761 e. The van der Waals surface area contributed by atoms with Gasteiger partial charge in [0.2, 0.25) is 0 Å². The number of nitrogens with one attached hydrogen (secondary N) is 1. The van der Waals surface area contributed by atoms with Crippen LogP contribution in [0.25, 0.3) is 10.9 Å². The summed E-state index contributed by atoms with van der Waals surface area (Å²) in [5, 5.41) is 5.07. The molecule has 1 N–H and O–H groups in total. The van der Waals surface area contributed by atoms with Gasteiger partial charge in [0, 0.05) is 46.0 Å². The number of hydrogen-bond donors (Lipinski definition) is 1. The fraction of sp³-hybridized carbons (Fsp3) is 0.357. The molecule has 102 valence electrons. The van der Waals surface area contributed by atoms with Crippen LogP contribution in [0.1, 0.15) is 12.0 Å². The number of nitrogens with zero attached hydrogens (tertiary/aromatic N) is 1. The Morgan fingerprint density at radius 2 is 2.21 bits per heavy atom. The number of hydrogen-bond acceptors (Lipinski definition) is 3. The quantitative estimate of drug-likeness (QED) is 0.834. The number of aromatic nitrogens is 1. The first-order chi connectivity index (χ1) is 9.18. The second-order valence-corrected chi connectivity index (χ2v) is 6.38. The van der Waals surface area contributed by atoms with Crippen molar-refractivity contribution in [3.8, 4) is 0 Å². The number of halogens is 1. The third-order valence-electron chi connectivity index (χ3n) is 2.90. The van der Waals surface area contributed by atoms with Crippen molar-refractivity contribution >= 4 is 33.3 Å². The van der Waals surface area contributed by atoms with Gasteiger partial charge in [-0.25, -0.2) is 0 Å². The predicted octanol–water partition coefficient (Wildman–Crippen LogP) is 2.75. The third kappa shape index (κ3) is 4.00. The lowest BCUT2D eigenvalue weighted by Crippen LogP contribution is -2.17. The minimum atomic E-state index is -0.709. The first-order valence-electron chi connectivity index (χ1n) is 6.21. The molecule has 0 amide bonds. The molecule has 0 saturated carbocycles. The summed E-state index contributed by atoms with van der Waals surface area (Å²) < 4.78 is 10.9. The Kier molecular flexibility index (Phi) is 5.31. The molecular weight excluding hydrogens is 280 g/mol. The molecule has 0 unspecified atom stereocenters. The number of fused-ring (bicyclic) bond motifs is 1. The van der Waals surface area contributed by atoms with E-state index in [4.69, 9.17) is 11.6 Å². The van der Waals surface area contributed by atoms with E-state index >= 15 is 0 Å². The molecule has 5 heteroatoms. The highest BCUT2D eigenvalue weighted by Crippen LogP contribution is 2.24. The van der Waals surface area contributed by atoms with Crippen molar-refractivity contribution in [1.29, 1.82) is 0 Å². The van der Waals surface area contributed by atoms with Crippen LogP contribution in [-0.2, 0) is 17.3 Å². The number of pyridine rings is 1. The third-order valence-corrected chi connectivity index (χ3v) is 4.09. The van der Waals surface area contributed by atoms with Crippen LogP contribution < -0.4 is 5.32 Å². The molecule has 0 saturated heterocycles. The number of benzene rings is 1. The molecule has 1 atom stereocenters. The van der Waals surface area contributed by atoms with Crippen molar-refractivity contribution in [2.45, 2.75) is 13.0 Å². The summed E-state index contributed by atoms with van der Waals surface area (Å²) >= 11 is 6.15. The van der Waals surface area contributed by atoms with E-state index in [-0.39, 0.29) is 0 Å². The molecule has 1 heterocycles. The lowest BCUT2D eigenvalue weighted by molar-refractivity contribution is 0.663. The van der Waals surface area contributed by atoms with Gasteiger partial charge >= 0.3 is 0 Å². The van der Waals surface area contributed by atoms with Crippen LogP contribution in [-0.4, -0.2) is 27.7 Å². The summed E-state index contributed by atoms with van der Waals surface area (Å²) in [6.45, 7) is 1.61. The molecule has 0 fully saturated rings. The maximum absolute atomic E-state index is 10.9. The molecule has 0 aliphatic carbocycles. The minimum Gasteiger partial charge on any atom is -0.313 e. The van der Waals surface area contributed by atoms with E-state index in [2.05, 4.69) is 10.3 Å². The van der Waals surface area contributed by atoms with Crippen LogP contribution in [0.5, 0.6) is 0 Å². The topological polar surface area (TPSA) is 42.0 Å². The Hall–Kier alpha value is -0.970. The predicted molar refractivity (Wildman–Crippen MR) is 82.0 cm³/mol. The van der Waals surface area contributed by atoms with Gasteiger partial charge in [0.25, 0.3) is 0 Å². The van der Waals surface area contributed by atoms with Crippen LogP contribution >= 0.6 is 11.6 Å². The summed E-state index contributed by atoms with van der Waals surface area (Å²) in [5.41, 5.74) is 2.08. The fourth-order valence-corrected chi connectivity index (χ4v) is 2.73. The average Bonchev–Trinajstić information content (AvgIpc) is 2.41. The van der Waals surface area contributed by atoms with Gasteiger partial charge in [0.15, 0.2) is 0 Å². The van der Waals surface area contributed by atoms with Crippen LogP contribution in [0.15, 0.2) is 30.5 Å². The summed E-state index contributed by atoms with van der Waals surface area (Å²) in [4.78, 5) is 4.40. The van der Waals surface area contributed by atoms with Gasteiger partial charge < -0.3 is 5.32 Å². The molecule has 0 aliphatic rings. The molecule has 0 spiro atoms. The van der Waals surface area contributed by atoms with Gasteiger partial charge in [-0.15, -0.1) is 0 Å². The zero-order valence-electron chi connectivity index (χ0n) is 10.9. The van der Waals surface area contributed by atoms with Crippen molar-refractivity contribution in [2.75, 3.05) is 18.6 Å². The lowest BCUT2D eigenvalue weighted by Gasteiger charge is -2.08. The van der Waals surface area contributed by atoms with Crippen molar-refractivity contribution in [3.63, 3.8) is 0 Å². The maximum atomic E-state index is 10.9. The van der Waals surface area contributed by atoms with E-state index in [1.807, 2.05) is 24.3 Å². The van der Waals surface area contributed by atoms with Crippen LogP contribution in [0.3, 0.4) is 0 Å². The fourth-order valence-electron chi connectivity index (χ4n) is 1.96. The van der Waals surface area contributed by atoms with Gasteiger partial charge in [-0.1, -0.05) is 17.7 Å². The Labute approximate surface area is 120 Å². The van der Waals surface area contributed by atoms with Crippen molar-refractivity contribution in [3.05, 3.63) is 41.0 Å². The summed E-state index contributed by atoms with van der Waals surface area (Å²) in [6.07, 6.45) is 4.43. The van der Waals surface area contributed by atoms with Gasteiger partial charge in [-0.05, 0) is 36.7 Å². The highest BCUT2D eigenvalue weighted by molar-refractivity contribution is 7.84. The lowest BCUT2D eigenvalue weighted by atomic mass is 10.1. The first kappa shape index (κ1) is 14.4. The Morgan fingerprint density at radius 1 is 1.37 bits per heavy atom. The van der Waals surface area contributed by atoms with Crippen molar-refractivity contribution in [1.82, 2.24) is 10.3 Å². The monoisotopic (exact) mass is 296 g/mol. The normalized spacial score (nSPS) is 12.7. The molecular formula is C14H17ClN2OS. The second kappa shape index (κ2) is 6.98. The second-order valence-electron chi connectivity index (χ2n) is 4.41. The van der Waals surface area contributed by atoms with Crippen molar-refractivity contribution in [2.24, 2.45) is 0 Å². The summed E-state index contributed by atoms with van der Waals surface area (Å²) in [5.74, 6) is 0.743. The molecule has 2 rings (SSSR count). The highest BCUT2D eigenvalue weighted by Gasteiger charge is 2.05. The molecule has 0 aliphatic heterocycles. The Morgan fingerprint density at radius 3 is 3.00 bits per heavy atom. The zero-order valence-corrected chi connectivity index (χ0v) is 12.4. The van der Waals surface area contributed by atoms with Gasteiger partial charge in [-0.3, -0.25) is 9.19 Å². The van der Waals surface area contributed by atoms with Gasteiger partial charge in [-0.2, -0.15) is 0 Å². The minimum absolute atomic E-state index is 0.709. The standard InChI is InChI=1S/C14H17ClN2OS/c1-19(18)9-3-7-16-10-11-5-6-13(15)12-4-2-8-17-14(11)12/h2,4-6,8,16H,3,7,9-10H2,1H3/t19-/m0/s1. The number of rotatable bonds is 6. The molecule has 19 heavy (non-hydrogen) atoms. The molecule has 0 bridgehead atoms. The van der Waals surface area contributed by atoms with Gasteiger partial charge in [0.05, 0.1) is 5.52 Å². The zero-order chi connectivity index (χ0) is 13.7. The summed E-state index contributed by atoms with van der Waals surface area (Å²) in [7, 11) is -0.709. The van der Waals surface area contributed by atoms with E-state index in [1.54, 1.807) is 12.5 Å². The van der Waals surface area contributed by atoms with Crippen LogP contribution in [0.2, 0.25) is 5.02 Å². The van der Waals surface area contributed by atoms with E-state index in [0.29, 0.717) is 0 Å². The molecule has 1 aromatic heterocycles. The molecule has 0 radical (unpaired) electrons.